The normalized spacial score (nSPS) is 10.8. The quantitative estimate of drug-likeness (QED) is 0.472. The fourth-order valence-corrected chi connectivity index (χ4v) is 4.28. The first kappa shape index (κ1) is 20.7. The van der Waals surface area contributed by atoms with E-state index in [1.807, 2.05) is 73.6 Å². The molecular formula is C23H24N4O3S. The summed E-state index contributed by atoms with van der Waals surface area (Å²) in [6, 6.07) is 17.3. The van der Waals surface area contributed by atoms with Crippen LogP contribution in [-0.2, 0) is 6.54 Å². The number of carbonyl (C=O) groups excluding carboxylic acids is 1. The predicted molar refractivity (Wildman–Crippen MR) is 124 cm³/mol. The van der Waals surface area contributed by atoms with E-state index in [0.29, 0.717) is 11.4 Å². The molecule has 2 aromatic heterocycles. The monoisotopic (exact) mass is 436 g/mol. The van der Waals surface area contributed by atoms with Crippen LogP contribution in [0.4, 0.5) is 5.95 Å². The number of carbonyl (C=O) groups is 1. The number of nitrogens with one attached hydrogen (secondary N) is 1. The highest BCUT2D eigenvalue weighted by atomic mass is 32.1. The first-order chi connectivity index (χ1) is 15.0. The van der Waals surface area contributed by atoms with Gasteiger partial charge in [-0.3, -0.25) is 9.36 Å². The smallest absolute Gasteiger partial charge is 0.261 e. The summed E-state index contributed by atoms with van der Waals surface area (Å²) in [6.07, 6.45) is 0. The van der Waals surface area contributed by atoms with Gasteiger partial charge in [0, 0.05) is 20.6 Å². The lowest BCUT2D eigenvalue weighted by molar-refractivity contribution is 0.0955. The lowest BCUT2D eigenvalue weighted by atomic mass is 10.2. The number of amides is 1. The number of anilines is 1. The van der Waals surface area contributed by atoms with E-state index in [2.05, 4.69) is 9.88 Å². The fraction of sp³-hybridized carbons (Fsp3) is 0.217. The van der Waals surface area contributed by atoms with E-state index in [1.54, 1.807) is 14.2 Å². The van der Waals surface area contributed by atoms with E-state index in [0.717, 1.165) is 39.0 Å². The Kier molecular flexibility index (Phi) is 5.81. The zero-order chi connectivity index (χ0) is 22.0. The number of aromatic nitrogens is 2. The van der Waals surface area contributed by atoms with E-state index in [1.165, 1.54) is 11.3 Å². The zero-order valence-electron chi connectivity index (χ0n) is 17.9. The fourth-order valence-electron chi connectivity index (χ4n) is 3.25. The SMILES string of the molecule is COc1ccc(CNC(=O)c2cc3nc(N(C)C)n(-c4ccc(OC)cc4)c3s2)cc1. The van der Waals surface area contributed by atoms with Crippen molar-refractivity contribution in [1.29, 1.82) is 0 Å². The van der Waals surface area contributed by atoms with Crippen LogP contribution in [0.1, 0.15) is 15.2 Å². The molecule has 0 radical (unpaired) electrons. The van der Waals surface area contributed by atoms with Gasteiger partial charge in [-0.1, -0.05) is 12.1 Å². The van der Waals surface area contributed by atoms with Crippen LogP contribution in [0, 0.1) is 0 Å². The first-order valence-corrected chi connectivity index (χ1v) is 10.6. The Morgan fingerprint density at radius 2 is 1.65 bits per heavy atom. The third kappa shape index (κ3) is 4.20. The molecule has 0 fully saturated rings. The molecule has 2 heterocycles. The topological polar surface area (TPSA) is 68.6 Å². The van der Waals surface area contributed by atoms with Crippen LogP contribution in [0.5, 0.6) is 11.5 Å². The molecule has 0 atom stereocenters. The van der Waals surface area contributed by atoms with E-state index >= 15 is 0 Å². The van der Waals surface area contributed by atoms with Crippen molar-refractivity contribution in [3.63, 3.8) is 0 Å². The van der Waals surface area contributed by atoms with Gasteiger partial charge in [-0.2, -0.15) is 0 Å². The van der Waals surface area contributed by atoms with Crippen LogP contribution in [0.15, 0.2) is 54.6 Å². The number of methoxy groups -OCH3 is 2. The summed E-state index contributed by atoms with van der Waals surface area (Å²) in [5.74, 6) is 2.26. The number of imidazole rings is 1. The number of rotatable bonds is 7. The molecule has 0 aliphatic carbocycles. The Labute approximate surface area is 184 Å². The highest BCUT2D eigenvalue weighted by Crippen LogP contribution is 2.33. The molecular weight excluding hydrogens is 412 g/mol. The molecule has 4 aromatic rings. The molecule has 0 bridgehead atoms. The zero-order valence-corrected chi connectivity index (χ0v) is 18.7. The number of fused-ring (bicyclic) bond motifs is 1. The Bertz CT molecular complexity index is 1190. The van der Waals surface area contributed by atoms with Gasteiger partial charge >= 0.3 is 0 Å². The van der Waals surface area contributed by atoms with Crippen LogP contribution < -0.4 is 19.7 Å². The largest absolute Gasteiger partial charge is 0.497 e. The second kappa shape index (κ2) is 8.69. The molecule has 1 N–H and O–H groups in total. The minimum Gasteiger partial charge on any atom is -0.497 e. The first-order valence-electron chi connectivity index (χ1n) is 9.75. The van der Waals surface area contributed by atoms with Gasteiger partial charge < -0.3 is 19.7 Å². The molecule has 8 heteroatoms. The minimum absolute atomic E-state index is 0.119. The molecule has 7 nitrogen and oxygen atoms in total. The predicted octanol–water partition coefficient (Wildman–Crippen LogP) is 4.10. The van der Waals surface area contributed by atoms with Crippen LogP contribution in [0.3, 0.4) is 0 Å². The molecule has 0 saturated heterocycles. The van der Waals surface area contributed by atoms with Gasteiger partial charge in [0.15, 0.2) is 0 Å². The standard InChI is InChI=1S/C23H24N4O3S/c1-26(2)23-25-19-13-20(21(28)24-14-15-5-9-17(29-3)10-6-15)31-22(19)27(23)16-7-11-18(30-4)12-8-16/h5-13H,14H2,1-4H3,(H,24,28). The lowest BCUT2D eigenvalue weighted by Crippen LogP contribution is -2.21. The van der Waals surface area contributed by atoms with Gasteiger partial charge in [0.05, 0.1) is 24.8 Å². The lowest BCUT2D eigenvalue weighted by Gasteiger charge is -2.15. The highest BCUT2D eigenvalue weighted by Gasteiger charge is 2.20. The van der Waals surface area contributed by atoms with Crippen LogP contribution in [0.25, 0.3) is 16.0 Å². The second-order valence-corrected chi connectivity index (χ2v) is 8.20. The third-order valence-electron chi connectivity index (χ3n) is 4.88. The summed E-state index contributed by atoms with van der Waals surface area (Å²) in [5, 5.41) is 2.98. The average molecular weight is 437 g/mol. The molecule has 31 heavy (non-hydrogen) atoms. The van der Waals surface area contributed by atoms with Gasteiger partial charge in [-0.05, 0) is 48.0 Å². The van der Waals surface area contributed by atoms with Crippen molar-refractivity contribution in [2.75, 3.05) is 33.2 Å². The van der Waals surface area contributed by atoms with E-state index in [4.69, 9.17) is 14.5 Å². The van der Waals surface area contributed by atoms with E-state index < -0.39 is 0 Å². The van der Waals surface area contributed by atoms with Crippen molar-refractivity contribution in [2.45, 2.75) is 6.54 Å². The van der Waals surface area contributed by atoms with Gasteiger partial charge in [0.25, 0.3) is 5.91 Å². The van der Waals surface area contributed by atoms with Crippen molar-refractivity contribution in [3.8, 4) is 17.2 Å². The molecule has 4 rings (SSSR count). The molecule has 160 valence electrons. The second-order valence-electron chi connectivity index (χ2n) is 7.17. The van der Waals surface area contributed by atoms with Crippen LogP contribution in [0.2, 0.25) is 0 Å². The van der Waals surface area contributed by atoms with Crippen molar-refractivity contribution in [1.82, 2.24) is 14.9 Å². The molecule has 0 aliphatic rings. The van der Waals surface area contributed by atoms with Gasteiger partial charge in [0.1, 0.15) is 21.8 Å². The van der Waals surface area contributed by atoms with Crippen LogP contribution >= 0.6 is 11.3 Å². The van der Waals surface area contributed by atoms with Gasteiger partial charge in [-0.15, -0.1) is 11.3 Å². The summed E-state index contributed by atoms with van der Waals surface area (Å²) >= 11 is 1.43. The Balaban J connectivity index is 1.60. The molecule has 1 amide bonds. The molecule has 0 saturated carbocycles. The maximum Gasteiger partial charge on any atom is 0.261 e. The maximum atomic E-state index is 12.8. The summed E-state index contributed by atoms with van der Waals surface area (Å²) in [7, 11) is 7.18. The van der Waals surface area contributed by atoms with Crippen molar-refractivity contribution < 1.29 is 14.3 Å². The molecule has 2 aromatic carbocycles. The minimum atomic E-state index is -0.119. The summed E-state index contributed by atoms with van der Waals surface area (Å²) in [6.45, 7) is 0.444. The number of nitrogens with zero attached hydrogens (tertiary/aromatic N) is 3. The number of hydrogen-bond donors (Lipinski definition) is 1. The summed E-state index contributed by atoms with van der Waals surface area (Å²) in [4.78, 5) is 21.0. The Morgan fingerprint density at radius 1 is 1.03 bits per heavy atom. The van der Waals surface area contributed by atoms with Gasteiger partial charge in [-0.25, -0.2) is 4.98 Å². The summed E-state index contributed by atoms with van der Waals surface area (Å²) < 4.78 is 12.5. The third-order valence-corrected chi connectivity index (χ3v) is 5.99. The van der Waals surface area contributed by atoms with Crippen molar-refractivity contribution in [3.05, 3.63) is 65.0 Å². The maximum absolute atomic E-state index is 12.8. The average Bonchev–Trinajstić information content (AvgIpc) is 3.36. The van der Waals surface area contributed by atoms with E-state index in [9.17, 15) is 4.79 Å². The van der Waals surface area contributed by atoms with E-state index in [-0.39, 0.29) is 5.91 Å². The Hall–Kier alpha value is -3.52. The number of ether oxygens (including phenoxy) is 2. The van der Waals surface area contributed by atoms with Crippen molar-refractivity contribution in [2.24, 2.45) is 0 Å². The Morgan fingerprint density at radius 3 is 2.23 bits per heavy atom. The molecule has 0 spiro atoms. The number of hydrogen-bond acceptors (Lipinski definition) is 6. The molecule has 0 aliphatic heterocycles. The van der Waals surface area contributed by atoms with Crippen molar-refractivity contribution >= 4 is 33.5 Å². The summed E-state index contributed by atoms with van der Waals surface area (Å²) in [5.41, 5.74) is 2.75. The molecule has 0 unspecified atom stereocenters. The van der Waals surface area contributed by atoms with Crippen LogP contribution in [-0.4, -0.2) is 43.8 Å². The number of benzene rings is 2. The van der Waals surface area contributed by atoms with Gasteiger partial charge in [0.2, 0.25) is 5.95 Å². The highest BCUT2D eigenvalue weighted by molar-refractivity contribution is 7.20. The number of thiophene rings is 1.